The molecule has 0 aliphatic carbocycles. The lowest BCUT2D eigenvalue weighted by atomic mass is 10.1. The van der Waals surface area contributed by atoms with Crippen molar-refractivity contribution in [3.8, 4) is 5.75 Å². The van der Waals surface area contributed by atoms with E-state index in [9.17, 15) is 9.59 Å². The molecule has 1 aromatic heterocycles. The molecule has 0 radical (unpaired) electrons. The lowest BCUT2D eigenvalue weighted by Crippen LogP contribution is -2.37. The van der Waals surface area contributed by atoms with E-state index in [2.05, 4.69) is 0 Å². The van der Waals surface area contributed by atoms with E-state index in [1.165, 1.54) is 19.9 Å². The van der Waals surface area contributed by atoms with E-state index >= 15 is 0 Å². The van der Waals surface area contributed by atoms with Gasteiger partial charge in [-0.3, -0.25) is 4.79 Å². The summed E-state index contributed by atoms with van der Waals surface area (Å²) in [5, 5.41) is 10.0. The zero-order valence-corrected chi connectivity index (χ0v) is 16.6. The van der Waals surface area contributed by atoms with Crippen molar-refractivity contribution in [1.29, 1.82) is 0 Å². The van der Waals surface area contributed by atoms with Crippen molar-refractivity contribution < 1.29 is 23.8 Å². The first-order valence-electron chi connectivity index (χ1n) is 8.61. The number of carbonyl (C=O) groups excluding carboxylic acids is 1. The molecule has 0 bridgehead atoms. The van der Waals surface area contributed by atoms with Crippen LogP contribution in [0.1, 0.15) is 29.8 Å². The van der Waals surface area contributed by atoms with E-state index in [-0.39, 0.29) is 5.78 Å². The van der Waals surface area contributed by atoms with E-state index < -0.39 is 11.6 Å². The van der Waals surface area contributed by atoms with Gasteiger partial charge >= 0.3 is 5.97 Å². The van der Waals surface area contributed by atoms with Crippen molar-refractivity contribution in [2.75, 3.05) is 6.26 Å². The van der Waals surface area contributed by atoms with Crippen LogP contribution in [0.5, 0.6) is 5.75 Å². The molecule has 1 heterocycles. The average molecular weight is 396 g/mol. The molecule has 3 rings (SSSR count). The first-order valence-corrected chi connectivity index (χ1v) is 9.83. The van der Waals surface area contributed by atoms with Crippen LogP contribution in [0, 0.1) is 0 Å². The first-order chi connectivity index (χ1) is 13.3. The maximum atomic E-state index is 12.6. The molecule has 144 valence electrons. The van der Waals surface area contributed by atoms with Gasteiger partial charge in [-0.15, -0.1) is 11.8 Å². The van der Waals surface area contributed by atoms with Crippen molar-refractivity contribution in [3.05, 3.63) is 65.9 Å². The number of ether oxygens (including phenoxy) is 1. The Bertz CT molecular complexity index is 1040. The standard InChI is InChI=1S/C22H20O5S/c1-22(2,21(24)25)27-15-7-4-14(5-8-15)6-10-18(23)16-9-11-19(28-3)17-12-13-26-20(16)17/h4-13H,1-3H3,(H,24,25). The Morgan fingerprint density at radius 3 is 2.46 bits per heavy atom. The highest BCUT2D eigenvalue weighted by Gasteiger charge is 2.29. The van der Waals surface area contributed by atoms with Crippen LogP contribution < -0.4 is 4.74 Å². The molecule has 5 nitrogen and oxygen atoms in total. The number of aliphatic carboxylic acids is 1. The van der Waals surface area contributed by atoms with Crippen molar-refractivity contribution in [3.63, 3.8) is 0 Å². The number of rotatable bonds is 7. The highest BCUT2D eigenvalue weighted by Crippen LogP contribution is 2.30. The molecule has 0 saturated heterocycles. The molecular weight excluding hydrogens is 376 g/mol. The number of furan rings is 1. The molecule has 28 heavy (non-hydrogen) atoms. The Labute approximate surface area is 167 Å². The molecular formula is C22H20O5S. The van der Waals surface area contributed by atoms with E-state index in [0.29, 0.717) is 16.9 Å². The second kappa shape index (κ2) is 7.94. The fourth-order valence-corrected chi connectivity index (χ4v) is 3.24. The number of carbonyl (C=O) groups is 2. The summed E-state index contributed by atoms with van der Waals surface area (Å²) in [7, 11) is 0. The Hall–Kier alpha value is -2.99. The summed E-state index contributed by atoms with van der Waals surface area (Å²) in [6.45, 7) is 2.97. The monoisotopic (exact) mass is 396 g/mol. The summed E-state index contributed by atoms with van der Waals surface area (Å²) in [5.41, 5.74) is 0.577. The summed E-state index contributed by atoms with van der Waals surface area (Å²) < 4.78 is 11.0. The Morgan fingerprint density at radius 1 is 1.11 bits per heavy atom. The molecule has 0 atom stereocenters. The minimum Gasteiger partial charge on any atom is -0.478 e. The van der Waals surface area contributed by atoms with Crippen LogP contribution in [0.2, 0.25) is 0 Å². The van der Waals surface area contributed by atoms with Gasteiger partial charge < -0.3 is 14.3 Å². The third-order valence-corrected chi connectivity index (χ3v) is 5.05. The number of fused-ring (bicyclic) bond motifs is 1. The van der Waals surface area contributed by atoms with Crippen molar-refractivity contribution in [2.45, 2.75) is 24.3 Å². The van der Waals surface area contributed by atoms with Gasteiger partial charge in [0.1, 0.15) is 11.3 Å². The van der Waals surface area contributed by atoms with Crippen LogP contribution in [0.3, 0.4) is 0 Å². The molecule has 3 aromatic rings. The number of carboxylic acid groups (broad SMARTS) is 1. The first kappa shape index (κ1) is 19.8. The Balaban J connectivity index is 1.76. The largest absolute Gasteiger partial charge is 0.478 e. The molecule has 0 aliphatic heterocycles. The van der Waals surface area contributed by atoms with Gasteiger partial charge in [-0.05, 0) is 62.1 Å². The number of thioether (sulfide) groups is 1. The quantitative estimate of drug-likeness (QED) is 0.332. The minimum absolute atomic E-state index is 0.153. The van der Waals surface area contributed by atoms with Crippen LogP contribution in [-0.2, 0) is 4.79 Å². The van der Waals surface area contributed by atoms with Gasteiger partial charge in [-0.2, -0.15) is 0 Å². The van der Waals surface area contributed by atoms with E-state index in [1.54, 1.807) is 54.4 Å². The summed E-state index contributed by atoms with van der Waals surface area (Å²) >= 11 is 1.60. The SMILES string of the molecule is CSc1ccc(C(=O)C=Cc2ccc(OC(C)(C)C(=O)O)cc2)c2occc12. The number of ketones is 1. The lowest BCUT2D eigenvalue weighted by Gasteiger charge is -2.21. The summed E-state index contributed by atoms with van der Waals surface area (Å²) in [6, 6.07) is 12.4. The molecule has 0 amide bonds. The van der Waals surface area contributed by atoms with Gasteiger partial charge in [0, 0.05) is 10.3 Å². The number of allylic oxidation sites excluding steroid dienone is 1. The minimum atomic E-state index is -1.31. The highest BCUT2D eigenvalue weighted by atomic mass is 32.2. The number of hydrogen-bond acceptors (Lipinski definition) is 5. The maximum absolute atomic E-state index is 12.6. The van der Waals surface area contributed by atoms with Crippen LogP contribution in [0.4, 0.5) is 0 Å². The normalized spacial score (nSPS) is 11.8. The van der Waals surface area contributed by atoms with Crippen LogP contribution in [0.15, 0.2) is 64.1 Å². The molecule has 0 fully saturated rings. The maximum Gasteiger partial charge on any atom is 0.347 e. The average Bonchev–Trinajstić information content (AvgIpc) is 3.16. The molecule has 0 saturated carbocycles. The molecule has 6 heteroatoms. The fourth-order valence-electron chi connectivity index (χ4n) is 2.66. The van der Waals surface area contributed by atoms with Gasteiger partial charge in [-0.1, -0.05) is 18.2 Å². The molecule has 2 aromatic carbocycles. The van der Waals surface area contributed by atoms with E-state index in [4.69, 9.17) is 14.3 Å². The Kier molecular flexibility index (Phi) is 5.61. The van der Waals surface area contributed by atoms with Crippen LogP contribution in [0.25, 0.3) is 17.0 Å². The third kappa shape index (κ3) is 4.12. The second-order valence-electron chi connectivity index (χ2n) is 6.66. The van der Waals surface area contributed by atoms with Crippen LogP contribution in [-0.4, -0.2) is 28.7 Å². The zero-order chi connectivity index (χ0) is 20.3. The van der Waals surface area contributed by atoms with Gasteiger partial charge in [0.25, 0.3) is 0 Å². The lowest BCUT2D eigenvalue weighted by molar-refractivity contribution is -0.152. The van der Waals surface area contributed by atoms with Gasteiger partial charge in [-0.25, -0.2) is 4.79 Å². The third-order valence-electron chi connectivity index (χ3n) is 4.26. The number of benzene rings is 2. The predicted octanol–water partition coefficient (Wildman–Crippen LogP) is 5.29. The fraction of sp³-hybridized carbons (Fsp3) is 0.182. The summed E-state index contributed by atoms with van der Waals surface area (Å²) in [6.07, 6.45) is 6.76. The molecule has 0 spiro atoms. The second-order valence-corrected chi connectivity index (χ2v) is 7.51. The van der Waals surface area contributed by atoms with Gasteiger partial charge in [0.2, 0.25) is 0 Å². The van der Waals surface area contributed by atoms with E-state index in [1.807, 2.05) is 18.4 Å². The molecule has 1 N–H and O–H groups in total. The van der Waals surface area contributed by atoms with E-state index in [0.717, 1.165) is 15.8 Å². The van der Waals surface area contributed by atoms with Crippen molar-refractivity contribution in [2.24, 2.45) is 0 Å². The van der Waals surface area contributed by atoms with Crippen LogP contribution >= 0.6 is 11.8 Å². The molecule has 0 unspecified atom stereocenters. The summed E-state index contributed by atoms with van der Waals surface area (Å²) in [4.78, 5) is 24.8. The summed E-state index contributed by atoms with van der Waals surface area (Å²) in [5.74, 6) is -0.750. The zero-order valence-electron chi connectivity index (χ0n) is 15.8. The highest BCUT2D eigenvalue weighted by molar-refractivity contribution is 7.98. The Morgan fingerprint density at radius 2 is 1.82 bits per heavy atom. The smallest absolute Gasteiger partial charge is 0.347 e. The predicted molar refractivity (Wildman–Crippen MR) is 110 cm³/mol. The topological polar surface area (TPSA) is 76.7 Å². The molecule has 0 aliphatic rings. The van der Waals surface area contributed by atoms with Gasteiger partial charge in [0.05, 0.1) is 11.8 Å². The van der Waals surface area contributed by atoms with Gasteiger partial charge in [0.15, 0.2) is 11.4 Å². The number of carboxylic acids is 1. The number of hydrogen-bond donors (Lipinski definition) is 1. The van der Waals surface area contributed by atoms with Crippen molar-refractivity contribution >= 4 is 40.6 Å². The van der Waals surface area contributed by atoms with Crippen molar-refractivity contribution in [1.82, 2.24) is 0 Å².